The average Bonchev–Trinajstić information content (AvgIpc) is 2.80. The van der Waals surface area contributed by atoms with Crippen LogP contribution in [0.5, 0.6) is 0 Å². The second-order valence-electron chi connectivity index (χ2n) is 3.64. The molecule has 0 N–H and O–H groups in total. The fourth-order valence-electron chi connectivity index (χ4n) is 1.76. The average molecular weight is 227 g/mol. The van der Waals surface area contributed by atoms with Crippen molar-refractivity contribution < 1.29 is 4.74 Å². The Morgan fingerprint density at radius 3 is 2.80 bits per heavy atom. The molecule has 1 fully saturated rings. The van der Waals surface area contributed by atoms with E-state index >= 15 is 0 Å². The minimum atomic E-state index is 0.831. The lowest BCUT2D eigenvalue weighted by Crippen LogP contribution is -2.47. The van der Waals surface area contributed by atoms with Crippen LogP contribution in [0, 0.1) is 0 Å². The van der Waals surface area contributed by atoms with Crippen molar-refractivity contribution in [2.24, 2.45) is 0 Å². The van der Waals surface area contributed by atoms with E-state index in [4.69, 9.17) is 4.74 Å². The van der Waals surface area contributed by atoms with Crippen LogP contribution in [0.3, 0.4) is 0 Å². The molecular weight excluding hydrogens is 210 g/mol. The van der Waals surface area contributed by atoms with Crippen LogP contribution in [0.15, 0.2) is 11.6 Å². The Bertz CT molecular complexity index is 270. The van der Waals surface area contributed by atoms with Crippen LogP contribution in [0.1, 0.15) is 0 Å². The molecule has 5 heteroatoms. The summed E-state index contributed by atoms with van der Waals surface area (Å²) >= 11 is 1.72. The maximum absolute atomic E-state index is 5.08. The number of anilines is 1. The van der Waals surface area contributed by atoms with Crippen molar-refractivity contribution in [3.8, 4) is 0 Å². The summed E-state index contributed by atoms with van der Waals surface area (Å²) in [5.41, 5.74) is 0. The van der Waals surface area contributed by atoms with Gasteiger partial charge in [0.2, 0.25) is 0 Å². The van der Waals surface area contributed by atoms with E-state index in [-0.39, 0.29) is 0 Å². The van der Waals surface area contributed by atoms with Gasteiger partial charge in [-0.05, 0) is 0 Å². The van der Waals surface area contributed by atoms with Crippen molar-refractivity contribution in [2.75, 3.05) is 51.3 Å². The molecular formula is C10H17N3OS. The van der Waals surface area contributed by atoms with E-state index in [2.05, 4.69) is 14.8 Å². The van der Waals surface area contributed by atoms with E-state index < -0.39 is 0 Å². The summed E-state index contributed by atoms with van der Waals surface area (Å²) in [4.78, 5) is 9.12. The lowest BCUT2D eigenvalue weighted by Gasteiger charge is -2.34. The van der Waals surface area contributed by atoms with Gasteiger partial charge in [0.1, 0.15) is 0 Å². The Kier molecular flexibility index (Phi) is 3.94. The molecule has 4 nitrogen and oxygen atoms in total. The Labute approximate surface area is 94.5 Å². The van der Waals surface area contributed by atoms with Crippen molar-refractivity contribution in [3.63, 3.8) is 0 Å². The molecule has 0 radical (unpaired) electrons. The molecule has 1 aromatic heterocycles. The summed E-state index contributed by atoms with van der Waals surface area (Å²) in [5, 5.41) is 3.19. The molecule has 0 saturated carbocycles. The molecule has 1 saturated heterocycles. The van der Waals surface area contributed by atoms with E-state index in [0.29, 0.717) is 0 Å². The van der Waals surface area contributed by atoms with Gasteiger partial charge in [0, 0.05) is 51.4 Å². The topological polar surface area (TPSA) is 28.6 Å². The number of hydrogen-bond donors (Lipinski definition) is 0. The van der Waals surface area contributed by atoms with E-state index in [1.807, 2.05) is 11.6 Å². The van der Waals surface area contributed by atoms with Crippen molar-refractivity contribution >= 4 is 16.5 Å². The molecule has 0 amide bonds. The van der Waals surface area contributed by atoms with Crippen LogP contribution in [0.4, 0.5) is 5.13 Å². The first-order valence-corrected chi connectivity index (χ1v) is 6.14. The highest BCUT2D eigenvalue weighted by atomic mass is 32.1. The van der Waals surface area contributed by atoms with Crippen LogP contribution in [-0.2, 0) is 4.74 Å². The number of thiazole rings is 1. The third-order valence-electron chi connectivity index (χ3n) is 2.67. The number of ether oxygens (including phenoxy) is 1. The van der Waals surface area contributed by atoms with E-state index in [0.717, 1.165) is 44.5 Å². The second kappa shape index (κ2) is 5.44. The Hall–Kier alpha value is -0.650. The van der Waals surface area contributed by atoms with Crippen LogP contribution in [0.25, 0.3) is 0 Å². The molecule has 0 aliphatic carbocycles. The van der Waals surface area contributed by atoms with Gasteiger partial charge in [-0.1, -0.05) is 0 Å². The minimum Gasteiger partial charge on any atom is -0.383 e. The Morgan fingerprint density at radius 2 is 2.20 bits per heavy atom. The van der Waals surface area contributed by atoms with Gasteiger partial charge in [-0.2, -0.15) is 0 Å². The monoisotopic (exact) mass is 227 g/mol. The molecule has 2 heterocycles. The molecule has 2 rings (SSSR count). The fraction of sp³-hybridized carbons (Fsp3) is 0.700. The van der Waals surface area contributed by atoms with Crippen molar-refractivity contribution in [2.45, 2.75) is 0 Å². The summed E-state index contributed by atoms with van der Waals surface area (Å²) in [5.74, 6) is 0. The van der Waals surface area contributed by atoms with E-state index in [1.54, 1.807) is 18.4 Å². The summed E-state index contributed by atoms with van der Waals surface area (Å²) < 4.78 is 5.08. The van der Waals surface area contributed by atoms with Crippen LogP contribution >= 0.6 is 11.3 Å². The SMILES string of the molecule is COCCN1CCN(c2nccs2)CC1. The molecule has 84 valence electrons. The highest BCUT2D eigenvalue weighted by molar-refractivity contribution is 7.13. The largest absolute Gasteiger partial charge is 0.383 e. The quantitative estimate of drug-likeness (QED) is 0.764. The van der Waals surface area contributed by atoms with Crippen molar-refractivity contribution in [1.29, 1.82) is 0 Å². The minimum absolute atomic E-state index is 0.831. The first-order valence-electron chi connectivity index (χ1n) is 5.26. The molecule has 1 aliphatic rings. The van der Waals surface area contributed by atoms with Gasteiger partial charge >= 0.3 is 0 Å². The molecule has 0 bridgehead atoms. The first-order chi connectivity index (χ1) is 7.40. The number of piperazine rings is 1. The summed E-state index contributed by atoms with van der Waals surface area (Å²) in [6, 6.07) is 0. The zero-order valence-corrected chi connectivity index (χ0v) is 9.87. The number of aromatic nitrogens is 1. The molecule has 1 aromatic rings. The van der Waals surface area contributed by atoms with Crippen LogP contribution in [-0.4, -0.2) is 56.3 Å². The van der Waals surface area contributed by atoms with Crippen molar-refractivity contribution in [3.05, 3.63) is 11.6 Å². The molecule has 0 atom stereocenters. The van der Waals surface area contributed by atoms with Gasteiger partial charge in [-0.25, -0.2) is 4.98 Å². The predicted molar refractivity (Wildman–Crippen MR) is 62.6 cm³/mol. The smallest absolute Gasteiger partial charge is 0.185 e. The molecule has 0 unspecified atom stereocenters. The van der Waals surface area contributed by atoms with Crippen molar-refractivity contribution in [1.82, 2.24) is 9.88 Å². The Morgan fingerprint density at radius 1 is 1.40 bits per heavy atom. The lowest BCUT2D eigenvalue weighted by molar-refractivity contribution is 0.144. The van der Waals surface area contributed by atoms with E-state index in [1.165, 1.54) is 0 Å². The third-order valence-corrected chi connectivity index (χ3v) is 3.51. The van der Waals surface area contributed by atoms with E-state index in [9.17, 15) is 0 Å². The maximum atomic E-state index is 5.08. The van der Waals surface area contributed by atoms with Crippen LogP contribution in [0.2, 0.25) is 0 Å². The normalized spacial score (nSPS) is 18.3. The second-order valence-corrected chi connectivity index (χ2v) is 4.51. The molecule has 15 heavy (non-hydrogen) atoms. The zero-order chi connectivity index (χ0) is 10.5. The first kappa shape index (κ1) is 10.9. The lowest BCUT2D eigenvalue weighted by atomic mass is 10.3. The standard InChI is InChI=1S/C10H17N3OS/c1-14-8-7-12-3-5-13(6-4-12)10-11-2-9-15-10/h2,9H,3-8H2,1H3. The predicted octanol–water partition coefficient (Wildman–Crippen LogP) is 0.911. The fourth-order valence-corrected chi connectivity index (χ4v) is 2.45. The van der Waals surface area contributed by atoms with Gasteiger partial charge in [0.25, 0.3) is 0 Å². The molecule has 0 spiro atoms. The highest BCUT2D eigenvalue weighted by Crippen LogP contribution is 2.18. The molecule has 0 aromatic carbocycles. The maximum Gasteiger partial charge on any atom is 0.185 e. The Balaban J connectivity index is 1.77. The van der Waals surface area contributed by atoms with Gasteiger partial charge in [0.05, 0.1) is 6.61 Å². The van der Waals surface area contributed by atoms with Gasteiger partial charge in [0.15, 0.2) is 5.13 Å². The summed E-state index contributed by atoms with van der Waals surface area (Å²) in [7, 11) is 1.76. The number of methoxy groups -OCH3 is 1. The third kappa shape index (κ3) is 2.90. The van der Waals surface area contributed by atoms with Crippen LogP contribution < -0.4 is 4.90 Å². The van der Waals surface area contributed by atoms with Gasteiger partial charge < -0.3 is 9.64 Å². The summed E-state index contributed by atoms with van der Waals surface area (Å²) in [6.45, 7) is 6.26. The van der Waals surface area contributed by atoms with Gasteiger partial charge in [-0.3, -0.25) is 4.90 Å². The number of hydrogen-bond acceptors (Lipinski definition) is 5. The number of nitrogens with zero attached hydrogens (tertiary/aromatic N) is 3. The summed E-state index contributed by atoms with van der Waals surface area (Å²) in [6.07, 6.45) is 1.87. The molecule has 1 aliphatic heterocycles. The highest BCUT2D eigenvalue weighted by Gasteiger charge is 2.17. The number of rotatable bonds is 4. The van der Waals surface area contributed by atoms with Gasteiger partial charge in [-0.15, -0.1) is 11.3 Å². The zero-order valence-electron chi connectivity index (χ0n) is 9.06.